The lowest BCUT2D eigenvalue weighted by Crippen LogP contribution is -2.10. The van der Waals surface area contributed by atoms with Gasteiger partial charge in [0, 0.05) is 80.7 Å². The summed E-state index contributed by atoms with van der Waals surface area (Å²) in [5, 5.41) is 6.10. The van der Waals surface area contributed by atoms with Crippen LogP contribution in [0.3, 0.4) is 0 Å². The van der Waals surface area contributed by atoms with Crippen molar-refractivity contribution in [3.8, 4) is 0 Å². The zero-order valence-electron chi connectivity index (χ0n) is 28.6. The summed E-state index contributed by atoms with van der Waals surface area (Å²) in [5.41, 5.74) is 7.44. The van der Waals surface area contributed by atoms with Gasteiger partial charge in [0.1, 0.15) is 17.0 Å². The minimum absolute atomic E-state index is 0.212. The van der Waals surface area contributed by atoms with Crippen molar-refractivity contribution in [2.24, 2.45) is 0 Å². The summed E-state index contributed by atoms with van der Waals surface area (Å²) < 4.78 is 26.4. The number of halogens is 1. The molecule has 0 bridgehead atoms. The zero-order valence-corrected chi connectivity index (χ0v) is 30.2. The Balaban J connectivity index is 1.09. The highest BCUT2D eigenvalue weighted by molar-refractivity contribution is 7.26. The summed E-state index contributed by atoms with van der Waals surface area (Å²) in [4.78, 5) is 8.95. The molecule has 4 nitrogen and oxygen atoms in total. The van der Waals surface area contributed by atoms with E-state index >= 15 is 4.39 Å². The van der Waals surface area contributed by atoms with Gasteiger partial charge in [0.2, 0.25) is 0 Å². The first kappa shape index (κ1) is 31.0. The number of fused-ring (bicyclic) bond motifs is 9. The van der Waals surface area contributed by atoms with E-state index in [0.717, 1.165) is 70.8 Å². The zero-order chi connectivity index (χ0) is 35.8. The van der Waals surface area contributed by atoms with Gasteiger partial charge in [0.05, 0.1) is 23.0 Å². The molecule has 4 aromatic heterocycles. The predicted molar refractivity (Wildman–Crippen MR) is 227 cm³/mol. The number of thiophene rings is 2. The fraction of sp³-hybridized carbons (Fsp3) is 0. The van der Waals surface area contributed by atoms with E-state index in [-0.39, 0.29) is 5.82 Å². The minimum atomic E-state index is -0.212. The second-order valence-electron chi connectivity index (χ2n) is 13.3. The molecule has 256 valence electrons. The molecule has 4 heterocycles. The van der Waals surface area contributed by atoms with Gasteiger partial charge in [-0.3, -0.25) is 4.98 Å². The Kier molecular flexibility index (Phi) is 7.05. The molecule has 0 radical (unpaired) electrons. The van der Waals surface area contributed by atoms with E-state index in [9.17, 15) is 0 Å². The summed E-state index contributed by atoms with van der Waals surface area (Å²) in [6, 6.07) is 54.1. The van der Waals surface area contributed by atoms with E-state index in [1.807, 2.05) is 41.8 Å². The number of furan rings is 1. The smallest absolute Gasteiger partial charge is 0.137 e. The Hall–Kier alpha value is -6.54. The number of hydrogen-bond donors (Lipinski definition) is 0. The maximum Gasteiger partial charge on any atom is 0.137 e. The highest BCUT2D eigenvalue weighted by atomic mass is 32.1. The number of pyridine rings is 1. The van der Waals surface area contributed by atoms with E-state index < -0.39 is 0 Å². The third-order valence-corrected chi connectivity index (χ3v) is 12.5. The third kappa shape index (κ3) is 4.90. The molecule has 0 spiro atoms. The van der Waals surface area contributed by atoms with Crippen molar-refractivity contribution in [2.75, 3.05) is 9.80 Å². The lowest BCUT2D eigenvalue weighted by Gasteiger charge is -2.26. The summed E-state index contributed by atoms with van der Waals surface area (Å²) >= 11 is 3.43. The molecule has 0 saturated carbocycles. The van der Waals surface area contributed by atoms with Crippen molar-refractivity contribution >= 4 is 119 Å². The van der Waals surface area contributed by atoms with Gasteiger partial charge in [-0.15, -0.1) is 22.7 Å². The first-order valence-electron chi connectivity index (χ1n) is 17.7. The van der Waals surface area contributed by atoms with Crippen molar-refractivity contribution in [2.45, 2.75) is 0 Å². The molecule has 0 fully saturated rings. The van der Waals surface area contributed by atoms with Crippen molar-refractivity contribution in [1.82, 2.24) is 4.98 Å². The maximum atomic E-state index is 15.2. The summed E-state index contributed by atoms with van der Waals surface area (Å²) in [7, 11) is 0. The van der Waals surface area contributed by atoms with Gasteiger partial charge in [-0.1, -0.05) is 48.5 Å². The molecule has 0 saturated heterocycles. The molecule has 7 aromatic carbocycles. The average molecular weight is 734 g/mol. The number of benzene rings is 7. The topological polar surface area (TPSA) is 32.5 Å². The van der Waals surface area contributed by atoms with E-state index in [0.29, 0.717) is 5.39 Å². The van der Waals surface area contributed by atoms with Crippen LogP contribution in [0, 0.1) is 5.82 Å². The summed E-state index contributed by atoms with van der Waals surface area (Å²) in [5.74, 6) is -0.212. The van der Waals surface area contributed by atoms with Crippen molar-refractivity contribution in [3.05, 3.63) is 176 Å². The van der Waals surface area contributed by atoms with Crippen LogP contribution in [0.2, 0.25) is 0 Å². The molecule has 54 heavy (non-hydrogen) atoms. The Bertz CT molecular complexity index is 3210. The molecule has 0 aliphatic heterocycles. The van der Waals surface area contributed by atoms with Gasteiger partial charge in [-0.25, -0.2) is 4.39 Å². The van der Waals surface area contributed by atoms with Gasteiger partial charge in [-0.05, 0) is 103 Å². The molecular formula is C47H28FN3OS2. The predicted octanol–water partition coefficient (Wildman–Crippen LogP) is 14.8. The summed E-state index contributed by atoms with van der Waals surface area (Å²) in [6.07, 6.45) is 3.62. The normalized spacial score (nSPS) is 11.8. The monoisotopic (exact) mass is 733 g/mol. The fourth-order valence-corrected chi connectivity index (χ4v) is 10.0. The van der Waals surface area contributed by atoms with Crippen molar-refractivity contribution < 1.29 is 8.81 Å². The van der Waals surface area contributed by atoms with Gasteiger partial charge < -0.3 is 14.2 Å². The summed E-state index contributed by atoms with van der Waals surface area (Å²) in [6.45, 7) is 0. The van der Waals surface area contributed by atoms with Gasteiger partial charge in [-0.2, -0.15) is 0 Å². The number of aromatic nitrogens is 1. The van der Waals surface area contributed by atoms with Gasteiger partial charge >= 0.3 is 0 Å². The number of anilines is 6. The Morgan fingerprint density at radius 3 is 2.00 bits per heavy atom. The van der Waals surface area contributed by atoms with Crippen LogP contribution in [0.4, 0.5) is 38.5 Å². The number of para-hydroxylation sites is 1. The van der Waals surface area contributed by atoms with Crippen LogP contribution < -0.4 is 9.80 Å². The lowest BCUT2D eigenvalue weighted by molar-refractivity contribution is 0.641. The first-order valence-corrected chi connectivity index (χ1v) is 19.3. The largest absolute Gasteiger partial charge is 0.456 e. The van der Waals surface area contributed by atoms with Crippen LogP contribution in [-0.2, 0) is 0 Å². The number of hydrogen-bond acceptors (Lipinski definition) is 6. The highest BCUT2D eigenvalue weighted by Gasteiger charge is 2.22. The number of nitrogens with zero attached hydrogens (tertiary/aromatic N) is 3. The van der Waals surface area contributed by atoms with Crippen LogP contribution >= 0.6 is 22.7 Å². The molecule has 0 aliphatic carbocycles. The Morgan fingerprint density at radius 2 is 1.13 bits per heavy atom. The molecular weight excluding hydrogens is 706 g/mol. The molecule has 0 aliphatic rings. The Labute approximate surface area is 317 Å². The molecule has 0 amide bonds. The van der Waals surface area contributed by atoms with Crippen LogP contribution in [0.25, 0.3) is 62.3 Å². The van der Waals surface area contributed by atoms with E-state index in [4.69, 9.17) is 4.42 Å². The minimum Gasteiger partial charge on any atom is -0.456 e. The second-order valence-corrected chi connectivity index (χ2v) is 15.5. The Morgan fingerprint density at radius 1 is 0.444 bits per heavy atom. The first-order chi connectivity index (χ1) is 26.7. The number of rotatable bonds is 6. The van der Waals surface area contributed by atoms with Crippen LogP contribution in [0.1, 0.15) is 0 Å². The van der Waals surface area contributed by atoms with Crippen LogP contribution in [0.15, 0.2) is 175 Å². The second kappa shape index (κ2) is 12.3. The molecule has 11 aromatic rings. The SMILES string of the molecule is Fc1cccc2sc3ccc(N(c4cccnc4)c4ccc5c(c4)oc4cccc(N(c6ccccc6)c6ccc7sc8ccccc8c7c6)c45)cc3c12. The van der Waals surface area contributed by atoms with E-state index in [1.54, 1.807) is 23.6 Å². The fourth-order valence-electron chi connectivity index (χ4n) is 7.82. The van der Waals surface area contributed by atoms with Gasteiger partial charge in [0.15, 0.2) is 0 Å². The highest BCUT2D eigenvalue weighted by Crippen LogP contribution is 2.47. The van der Waals surface area contributed by atoms with Gasteiger partial charge in [0.25, 0.3) is 0 Å². The van der Waals surface area contributed by atoms with Crippen LogP contribution in [-0.4, -0.2) is 4.98 Å². The molecule has 7 heteroatoms. The van der Waals surface area contributed by atoms with Crippen molar-refractivity contribution in [1.29, 1.82) is 0 Å². The standard InChI is InChI=1S/C47H28FN3OS2/c48-38-13-6-17-45-46(38)37-26-30(19-23-44(37)54-45)50(33-11-8-24-49-28-33)32-18-21-35-41(27-32)52-40-15-7-14-39(47(35)40)51(29-9-2-1-3-10-29)31-20-22-43-36(25-31)34-12-4-5-16-42(34)53-43/h1-28H. The molecule has 11 rings (SSSR count). The maximum absolute atomic E-state index is 15.2. The van der Waals surface area contributed by atoms with E-state index in [1.165, 1.54) is 26.2 Å². The van der Waals surface area contributed by atoms with E-state index in [2.05, 4.69) is 136 Å². The average Bonchev–Trinajstić information content (AvgIpc) is 3.90. The quantitative estimate of drug-likeness (QED) is 0.170. The molecule has 0 unspecified atom stereocenters. The van der Waals surface area contributed by atoms with Crippen molar-refractivity contribution in [3.63, 3.8) is 0 Å². The lowest BCUT2D eigenvalue weighted by atomic mass is 10.1. The molecule has 0 atom stereocenters. The molecule has 0 N–H and O–H groups in total. The third-order valence-electron chi connectivity index (χ3n) is 10.2. The van der Waals surface area contributed by atoms with Crippen LogP contribution in [0.5, 0.6) is 0 Å².